The predicted octanol–water partition coefficient (Wildman–Crippen LogP) is 4.24. The highest BCUT2D eigenvalue weighted by Crippen LogP contribution is 2.08. The van der Waals surface area contributed by atoms with Crippen LogP contribution in [-0.4, -0.2) is 56.2 Å². The lowest BCUT2D eigenvalue weighted by Gasteiger charge is -1.96. The Balaban J connectivity index is -0.000000471. The molecule has 0 aliphatic heterocycles. The summed E-state index contributed by atoms with van der Waals surface area (Å²) in [6.45, 7) is 9.79. The Hall–Kier alpha value is -4.74. The average molecular weight is 547 g/mol. The summed E-state index contributed by atoms with van der Waals surface area (Å²) in [5.74, 6) is -1.96. The number of hydrogen-bond acceptors (Lipinski definition) is 7. The summed E-state index contributed by atoms with van der Waals surface area (Å²) < 4.78 is 4.91. The van der Waals surface area contributed by atoms with Crippen LogP contribution in [0.3, 0.4) is 0 Å². The smallest absolute Gasteiger partial charge is 0.335 e. The third-order valence-electron chi connectivity index (χ3n) is 4.38. The lowest BCUT2D eigenvalue weighted by molar-refractivity contribution is 0.0681. The topological polar surface area (TPSA) is 219 Å². The van der Waals surface area contributed by atoms with Gasteiger partial charge in [-0.3, -0.25) is 19.2 Å². The number of carboxylic acids is 2. The van der Waals surface area contributed by atoms with Gasteiger partial charge in [0.2, 0.25) is 0 Å². The molecule has 3 rings (SSSR count). The summed E-state index contributed by atoms with van der Waals surface area (Å²) in [7, 11) is 0. The van der Waals surface area contributed by atoms with Gasteiger partial charge in [-0.1, -0.05) is 38.1 Å². The number of carbonyl (C=O) groups is 6. The quantitative estimate of drug-likeness (QED) is 0.421. The standard InChI is InChI=1S/C10H10O2.C8H6O4.C8H8O3.C2H6.2H2O/c1-7(11)9-3-5-10(6-4-9)8(2)12;9-7(10)5-1-2-6(4-3-5)8(11)12;1-5(9)7-3-4-8(11-7)6(2)10;1-2;;/h3-6H,1-2H3;1-4H,(H,9,10)(H,11,12);3-4H,1-2H3;1-2H3;2*1H2. The second kappa shape index (κ2) is 19.4. The Bertz CT molecular complexity index is 1070. The summed E-state index contributed by atoms with van der Waals surface area (Å²) in [4.78, 5) is 63.7. The van der Waals surface area contributed by atoms with E-state index in [0.717, 1.165) is 0 Å². The van der Waals surface area contributed by atoms with Gasteiger partial charge in [0.05, 0.1) is 11.1 Å². The first-order valence-electron chi connectivity index (χ1n) is 11.1. The van der Waals surface area contributed by atoms with Crippen molar-refractivity contribution in [2.45, 2.75) is 41.5 Å². The summed E-state index contributed by atoms with van der Waals surface area (Å²) >= 11 is 0. The summed E-state index contributed by atoms with van der Waals surface area (Å²) in [6, 6.07) is 14.7. The predicted molar refractivity (Wildman–Crippen MR) is 144 cm³/mol. The molecule has 0 radical (unpaired) electrons. The minimum absolute atomic E-state index is 0. The molecule has 0 aliphatic rings. The second-order valence-electron chi connectivity index (χ2n) is 7.15. The van der Waals surface area contributed by atoms with Crippen molar-refractivity contribution < 1.29 is 54.3 Å². The van der Waals surface area contributed by atoms with Crippen LogP contribution in [-0.2, 0) is 0 Å². The van der Waals surface area contributed by atoms with Crippen molar-refractivity contribution in [1.82, 2.24) is 0 Å². The highest BCUT2D eigenvalue weighted by atomic mass is 16.4. The van der Waals surface area contributed by atoms with E-state index >= 15 is 0 Å². The molecule has 0 aliphatic carbocycles. The van der Waals surface area contributed by atoms with Gasteiger partial charge in [0.1, 0.15) is 0 Å². The molecule has 0 spiro atoms. The van der Waals surface area contributed by atoms with E-state index in [0.29, 0.717) is 11.1 Å². The van der Waals surface area contributed by atoms with Gasteiger partial charge < -0.3 is 25.6 Å². The first-order chi connectivity index (χ1) is 17.3. The fraction of sp³-hybridized carbons (Fsp3) is 0.214. The van der Waals surface area contributed by atoms with Crippen molar-refractivity contribution in [3.63, 3.8) is 0 Å². The highest BCUT2D eigenvalue weighted by Gasteiger charge is 2.08. The monoisotopic (exact) mass is 546 g/mol. The number of carbonyl (C=O) groups excluding carboxylic acids is 4. The summed E-state index contributed by atoms with van der Waals surface area (Å²) in [6.07, 6.45) is 0. The maximum absolute atomic E-state index is 10.8. The zero-order valence-electron chi connectivity index (χ0n) is 22.5. The molecule has 39 heavy (non-hydrogen) atoms. The Morgan fingerprint density at radius 3 is 0.846 bits per heavy atom. The minimum Gasteiger partial charge on any atom is -0.478 e. The Kier molecular flexibility index (Phi) is 19.3. The van der Waals surface area contributed by atoms with Crippen LogP contribution < -0.4 is 0 Å². The molecule has 212 valence electrons. The molecule has 0 fully saturated rings. The van der Waals surface area contributed by atoms with Gasteiger partial charge in [0.15, 0.2) is 34.7 Å². The Morgan fingerprint density at radius 2 is 0.692 bits per heavy atom. The zero-order chi connectivity index (χ0) is 28.7. The maximum atomic E-state index is 10.8. The number of carboxylic acid groups (broad SMARTS) is 2. The third kappa shape index (κ3) is 14.0. The van der Waals surface area contributed by atoms with Crippen LogP contribution in [0.1, 0.15) is 104 Å². The van der Waals surface area contributed by atoms with Crippen LogP contribution in [0.5, 0.6) is 0 Å². The first-order valence-corrected chi connectivity index (χ1v) is 11.1. The number of ketones is 4. The number of furan rings is 1. The molecule has 0 saturated heterocycles. The molecule has 11 nitrogen and oxygen atoms in total. The van der Waals surface area contributed by atoms with E-state index in [2.05, 4.69) is 0 Å². The van der Waals surface area contributed by atoms with E-state index in [1.54, 1.807) is 24.3 Å². The number of benzene rings is 2. The van der Waals surface area contributed by atoms with Crippen molar-refractivity contribution in [3.05, 3.63) is 94.4 Å². The van der Waals surface area contributed by atoms with Crippen LogP contribution in [0.25, 0.3) is 0 Å². The van der Waals surface area contributed by atoms with E-state index in [-0.39, 0.29) is 56.7 Å². The summed E-state index contributed by atoms with van der Waals surface area (Å²) in [5.41, 5.74) is 1.44. The molecule has 11 heteroatoms. The fourth-order valence-electron chi connectivity index (χ4n) is 2.41. The van der Waals surface area contributed by atoms with E-state index in [4.69, 9.17) is 14.6 Å². The van der Waals surface area contributed by atoms with Gasteiger partial charge in [-0.15, -0.1) is 0 Å². The Morgan fingerprint density at radius 1 is 0.462 bits per heavy atom. The SMILES string of the molecule is CC.CC(=O)c1ccc(C(C)=O)cc1.CC(=O)c1ccc(C(C)=O)o1.O.O.O=C(O)c1ccc(C(=O)O)cc1. The molecule has 0 bridgehead atoms. The average Bonchev–Trinajstić information content (AvgIpc) is 3.37. The van der Waals surface area contributed by atoms with Crippen molar-refractivity contribution in [1.29, 1.82) is 0 Å². The zero-order valence-corrected chi connectivity index (χ0v) is 22.5. The fourth-order valence-corrected chi connectivity index (χ4v) is 2.41. The number of Topliss-reactive ketones (excluding diaryl/α,β-unsaturated/α-hetero) is 4. The number of hydrogen-bond donors (Lipinski definition) is 2. The Labute approximate surface area is 225 Å². The van der Waals surface area contributed by atoms with Gasteiger partial charge in [-0.25, -0.2) is 9.59 Å². The number of rotatable bonds is 6. The molecule has 1 aromatic heterocycles. The number of aromatic carboxylic acids is 2. The van der Waals surface area contributed by atoms with E-state index in [1.165, 1.54) is 64.1 Å². The van der Waals surface area contributed by atoms with Gasteiger partial charge in [-0.05, 0) is 50.2 Å². The largest absolute Gasteiger partial charge is 0.478 e. The molecular weight excluding hydrogens is 512 g/mol. The lowest BCUT2D eigenvalue weighted by Crippen LogP contribution is -1.99. The first kappa shape index (κ1) is 38.8. The molecule has 0 saturated carbocycles. The maximum Gasteiger partial charge on any atom is 0.335 e. The van der Waals surface area contributed by atoms with E-state index < -0.39 is 11.9 Å². The van der Waals surface area contributed by atoms with Gasteiger partial charge in [0, 0.05) is 25.0 Å². The van der Waals surface area contributed by atoms with Crippen LogP contribution >= 0.6 is 0 Å². The van der Waals surface area contributed by atoms with Gasteiger partial charge in [-0.2, -0.15) is 0 Å². The summed E-state index contributed by atoms with van der Waals surface area (Å²) in [5, 5.41) is 16.9. The van der Waals surface area contributed by atoms with Gasteiger partial charge in [0.25, 0.3) is 0 Å². The molecule has 0 atom stereocenters. The molecule has 6 N–H and O–H groups in total. The third-order valence-corrected chi connectivity index (χ3v) is 4.38. The van der Waals surface area contributed by atoms with Gasteiger partial charge >= 0.3 is 11.9 Å². The van der Waals surface area contributed by atoms with Crippen LogP contribution in [0.2, 0.25) is 0 Å². The van der Waals surface area contributed by atoms with Crippen LogP contribution in [0, 0.1) is 0 Å². The molecular formula is C28H34O11. The van der Waals surface area contributed by atoms with E-state index in [1.807, 2.05) is 13.8 Å². The van der Waals surface area contributed by atoms with Crippen LogP contribution in [0.4, 0.5) is 0 Å². The van der Waals surface area contributed by atoms with Crippen molar-refractivity contribution in [2.75, 3.05) is 0 Å². The minimum atomic E-state index is -1.06. The van der Waals surface area contributed by atoms with Crippen molar-refractivity contribution in [3.8, 4) is 0 Å². The molecule has 2 aromatic carbocycles. The highest BCUT2D eigenvalue weighted by molar-refractivity contribution is 5.98. The molecule has 3 aromatic rings. The molecule has 1 heterocycles. The van der Waals surface area contributed by atoms with E-state index in [9.17, 15) is 28.8 Å². The lowest BCUT2D eigenvalue weighted by atomic mass is 10.1. The normalized spacial score (nSPS) is 8.67. The molecule has 0 unspecified atom stereocenters. The van der Waals surface area contributed by atoms with Crippen molar-refractivity contribution >= 4 is 35.1 Å². The second-order valence-corrected chi connectivity index (χ2v) is 7.15. The molecule has 0 amide bonds. The van der Waals surface area contributed by atoms with Crippen molar-refractivity contribution in [2.24, 2.45) is 0 Å². The van der Waals surface area contributed by atoms with Crippen LogP contribution in [0.15, 0.2) is 65.1 Å².